The van der Waals surface area contributed by atoms with E-state index in [1.54, 1.807) is 23.4 Å². The Morgan fingerprint density at radius 2 is 1.88 bits per heavy atom. The summed E-state index contributed by atoms with van der Waals surface area (Å²) in [6, 6.07) is 3.73. The molecule has 180 valence electrons. The van der Waals surface area contributed by atoms with Crippen LogP contribution >= 0.6 is 0 Å². The second-order valence-corrected chi connectivity index (χ2v) is 9.74. The SMILES string of the molecule is CC(C)c1cnc(N2CC(O)C2)c2cnc(Nc3ccnc(N4CC[C@@H](O)[C@@](C)(F)C4)n3)cc12. The number of alkyl halides is 1. The number of hydrogen-bond acceptors (Lipinski definition) is 9. The fourth-order valence-electron chi connectivity index (χ4n) is 4.56. The van der Waals surface area contributed by atoms with Crippen molar-refractivity contribution < 1.29 is 14.6 Å². The van der Waals surface area contributed by atoms with Gasteiger partial charge >= 0.3 is 0 Å². The molecule has 2 aliphatic heterocycles. The molecule has 2 fully saturated rings. The number of piperidine rings is 1. The number of hydrogen-bond donors (Lipinski definition) is 3. The van der Waals surface area contributed by atoms with Gasteiger partial charge in [-0.1, -0.05) is 13.8 Å². The molecule has 0 aromatic carbocycles. The van der Waals surface area contributed by atoms with Crippen LogP contribution in [0.25, 0.3) is 10.8 Å². The van der Waals surface area contributed by atoms with Gasteiger partial charge in [-0.2, -0.15) is 4.98 Å². The van der Waals surface area contributed by atoms with Crippen molar-refractivity contribution in [1.29, 1.82) is 0 Å². The molecule has 2 atom stereocenters. The minimum absolute atomic E-state index is 0.0323. The topological polar surface area (TPSA) is 111 Å². The van der Waals surface area contributed by atoms with Crippen LogP contribution in [-0.4, -0.2) is 74.2 Å². The monoisotopic (exact) mass is 467 g/mol. The Morgan fingerprint density at radius 1 is 1.09 bits per heavy atom. The van der Waals surface area contributed by atoms with Crippen LogP contribution in [-0.2, 0) is 0 Å². The van der Waals surface area contributed by atoms with Crippen LogP contribution in [0.2, 0.25) is 0 Å². The molecule has 5 heterocycles. The number of rotatable bonds is 5. The summed E-state index contributed by atoms with van der Waals surface area (Å²) >= 11 is 0. The summed E-state index contributed by atoms with van der Waals surface area (Å²) in [6.07, 6.45) is 4.35. The minimum atomic E-state index is -1.71. The van der Waals surface area contributed by atoms with Gasteiger partial charge in [-0.05, 0) is 42.3 Å². The lowest BCUT2D eigenvalue weighted by Gasteiger charge is -2.38. The summed E-state index contributed by atoms with van der Waals surface area (Å²) in [5, 5.41) is 24.9. The van der Waals surface area contributed by atoms with Gasteiger partial charge in [-0.25, -0.2) is 19.3 Å². The first kappa shape index (κ1) is 22.7. The van der Waals surface area contributed by atoms with Gasteiger partial charge < -0.3 is 25.3 Å². The Labute approximate surface area is 197 Å². The largest absolute Gasteiger partial charge is 0.390 e. The molecule has 2 saturated heterocycles. The molecule has 3 aromatic heterocycles. The number of aliphatic hydroxyl groups excluding tert-OH is 2. The summed E-state index contributed by atoms with van der Waals surface area (Å²) in [4.78, 5) is 21.9. The van der Waals surface area contributed by atoms with Gasteiger partial charge in [0.15, 0.2) is 5.67 Å². The Morgan fingerprint density at radius 3 is 2.59 bits per heavy atom. The predicted molar refractivity (Wildman–Crippen MR) is 130 cm³/mol. The summed E-state index contributed by atoms with van der Waals surface area (Å²) < 4.78 is 14.6. The van der Waals surface area contributed by atoms with Crippen LogP contribution < -0.4 is 15.1 Å². The van der Waals surface area contributed by atoms with Crippen molar-refractivity contribution in [2.45, 2.75) is 51.0 Å². The average molecular weight is 468 g/mol. The van der Waals surface area contributed by atoms with Crippen LogP contribution in [0.3, 0.4) is 0 Å². The molecule has 0 saturated carbocycles. The van der Waals surface area contributed by atoms with E-state index in [0.29, 0.717) is 43.6 Å². The zero-order valence-electron chi connectivity index (χ0n) is 19.6. The second-order valence-electron chi connectivity index (χ2n) is 9.74. The number of anilines is 4. The number of nitrogens with one attached hydrogen (secondary N) is 1. The fraction of sp³-hybridized carbons (Fsp3) is 0.500. The van der Waals surface area contributed by atoms with E-state index >= 15 is 0 Å². The highest BCUT2D eigenvalue weighted by Gasteiger charge is 2.39. The average Bonchev–Trinajstić information content (AvgIpc) is 2.78. The number of aromatic nitrogens is 4. The van der Waals surface area contributed by atoms with Gasteiger partial charge in [0, 0.05) is 43.6 Å². The molecule has 0 spiro atoms. The predicted octanol–water partition coefficient (Wildman–Crippen LogP) is 2.77. The van der Waals surface area contributed by atoms with Gasteiger partial charge in [0.1, 0.15) is 17.5 Å². The second kappa shape index (κ2) is 8.59. The van der Waals surface area contributed by atoms with Gasteiger partial charge in [-0.3, -0.25) is 0 Å². The molecule has 0 bridgehead atoms. The van der Waals surface area contributed by atoms with Crippen molar-refractivity contribution >= 4 is 34.2 Å². The van der Waals surface area contributed by atoms with Crippen molar-refractivity contribution in [3.05, 3.63) is 36.3 Å². The quantitative estimate of drug-likeness (QED) is 0.522. The van der Waals surface area contributed by atoms with Crippen LogP contribution in [0.4, 0.5) is 27.8 Å². The molecule has 0 unspecified atom stereocenters. The normalized spacial score (nSPS) is 23.4. The molecule has 0 aliphatic carbocycles. The molecular weight excluding hydrogens is 437 g/mol. The fourth-order valence-corrected chi connectivity index (χ4v) is 4.56. The number of halogens is 1. The molecule has 0 radical (unpaired) electrons. The van der Waals surface area contributed by atoms with Gasteiger partial charge in [-0.15, -0.1) is 0 Å². The van der Waals surface area contributed by atoms with E-state index in [4.69, 9.17) is 0 Å². The number of fused-ring (bicyclic) bond motifs is 1. The number of nitrogens with zero attached hydrogens (tertiary/aromatic N) is 6. The summed E-state index contributed by atoms with van der Waals surface area (Å²) in [5.74, 6) is 2.69. The van der Waals surface area contributed by atoms with E-state index in [9.17, 15) is 14.6 Å². The highest BCUT2D eigenvalue weighted by Crippen LogP contribution is 2.34. The number of β-amino-alcohol motifs (C(OH)–C–C–N with tert-alkyl or cyclic N) is 1. The van der Waals surface area contributed by atoms with Crippen molar-refractivity contribution in [3.8, 4) is 0 Å². The molecule has 34 heavy (non-hydrogen) atoms. The van der Waals surface area contributed by atoms with Gasteiger partial charge in [0.05, 0.1) is 18.8 Å². The van der Waals surface area contributed by atoms with Crippen LogP contribution in [0, 0.1) is 0 Å². The highest BCUT2D eigenvalue weighted by molar-refractivity contribution is 5.96. The van der Waals surface area contributed by atoms with E-state index in [1.165, 1.54) is 6.92 Å². The summed E-state index contributed by atoms with van der Waals surface area (Å²) in [5.41, 5.74) is -0.598. The van der Waals surface area contributed by atoms with E-state index in [0.717, 1.165) is 22.2 Å². The molecule has 3 N–H and O–H groups in total. The molecule has 3 aromatic rings. The Kier molecular flexibility index (Phi) is 5.73. The van der Waals surface area contributed by atoms with Crippen LogP contribution in [0.1, 0.15) is 38.7 Å². The maximum Gasteiger partial charge on any atom is 0.227 e. The van der Waals surface area contributed by atoms with Crippen molar-refractivity contribution in [3.63, 3.8) is 0 Å². The van der Waals surface area contributed by atoms with Gasteiger partial charge in [0.25, 0.3) is 0 Å². The molecular formula is C24H30FN7O2. The molecule has 5 rings (SSSR count). The lowest BCUT2D eigenvalue weighted by molar-refractivity contribution is -0.00860. The zero-order valence-corrected chi connectivity index (χ0v) is 19.6. The third kappa shape index (κ3) is 4.23. The van der Waals surface area contributed by atoms with E-state index in [1.807, 2.05) is 12.3 Å². The lowest BCUT2D eigenvalue weighted by atomic mass is 9.94. The number of pyridine rings is 2. The smallest absolute Gasteiger partial charge is 0.227 e. The Balaban J connectivity index is 1.43. The maximum absolute atomic E-state index is 14.6. The minimum Gasteiger partial charge on any atom is -0.390 e. The zero-order chi connectivity index (χ0) is 24.0. The van der Waals surface area contributed by atoms with Crippen molar-refractivity contribution in [1.82, 2.24) is 19.9 Å². The van der Waals surface area contributed by atoms with Gasteiger partial charge in [0.2, 0.25) is 5.95 Å². The van der Waals surface area contributed by atoms with E-state index in [2.05, 4.69) is 44.0 Å². The molecule has 9 nitrogen and oxygen atoms in total. The first-order valence-corrected chi connectivity index (χ1v) is 11.6. The standard InChI is InChI=1S/C24H30FN7O2/c1-14(2)17-9-28-22(32-11-15(33)12-32)18-10-27-21(8-16(17)18)29-20-4-6-26-23(30-20)31-7-5-19(34)24(3,25)13-31/h4,6,8-10,14-15,19,33-34H,5,7,11-13H2,1-3H3,(H,26,27,29,30)/t19-,24+/m1/s1. The van der Waals surface area contributed by atoms with Crippen LogP contribution in [0.15, 0.2) is 30.7 Å². The highest BCUT2D eigenvalue weighted by atomic mass is 19.1. The summed E-state index contributed by atoms with van der Waals surface area (Å²) in [6.45, 7) is 7.31. The first-order valence-electron chi connectivity index (χ1n) is 11.6. The Hall–Kier alpha value is -3.11. The molecule has 0 amide bonds. The van der Waals surface area contributed by atoms with E-state index in [-0.39, 0.29) is 18.6 Å². The summed E-state index contributed by atoms with van der Waals surface area (Å²) in [7, 11) is 0. The van der Waals surface area contributed by atoms with Crippen LogP contribution in [0.5, 0.6) is 0 Å². The molecule has 10 heteroatoms. The number of aliphatic hydroxyl groups is 2. The third-order valence-corrected chi connectivity index (χ3v) is 6.61. The first-order chi connectivity index (χ1) is 16.2. The van der Waals surface area contributed by atoms with Crippen molar-refractivity contribution in [2.75, 3.05) is 41.3 Å². The Bertz CT molecular complexity index is 1200. The van der Waals surface area contributed by atoms with E-state index < -0.39 is 11.8 Å². The lowest BCUT2D eigenvalue weighted by Crippen LogP contribution is -2.52. The van der Waals surface area contributed by atoms with Crippen molar-refractivity contribution in [2.24, 2.45) is 0 Å². The maximum atomic E-state index is 14.6. The molecule has 2 aliphatic rings. The third-order valence-electron chi connectivity index (χ3n) is 6.61.